The van der Waals surface area contributed by atoms with Crippen molar-refractivity contribution in [1.29, 1.82) is 0 Å². The monoisotopic (exact) mass is 317 g/mol. The predicted molar refractivity (Wildman–Crippen MR) is 83.3 cm³/mol. The summed E-state index contributed by atoms with van der Waals surface area (Å²) in [5.74, 6) is 0.810. The topological polar surface area (TPSA) is 64.1 Å². The van der Waals surface area contributed by atoms with Gasteiger partial charge in [-0.3, -0.25) is 4.79 Å². The van der Waals surface area contributed by atoms with Gasteiger partial charge in [-0.15, -0.1) is 10.2 Å². The molecule has 1 rings (SSSR count). The second kappa shape index (κ2) is 8.59. The minimum Gasteiger partial charge on any atom is -0.468 e. The van der Waals surface area contributed by atoms with Gasteiger partial charge in [0.15, 0.2) is 4.34 Å². The van der Waals surface area contributed by atoms with Gasteiger partial charge >= 0.3 is 5.97 Å². The summed E-state index contributed by atoms with van der Waals surface area (Å²) in [6.07, 6.45) is 2.80. The fourth-order valence-corrected chi connectivity index (χ4v) is 3.84. The highest BCUT2D eigenvalue weighted by atomic mass is 32.2. The number of nitrogens with zero attached hydrogens (tertiary/aromatic N) is 2. The molecule has 0 saturated heterocycles. The van der Waals surface area contributed by atoms with Crippen molar-refractivity contribution in [3.05, 3.63) is 5.01 Å². The van der Waals surface area contributed by atoms with Crippen molar-refractivity contribution in [1.82, 2.24) is 15.5 Å². The molecule has 5 nitrogen and oxygen atoms in total. The van der Waals surface area contributed by atoms with Crippen LogP contribution < -0.4 is 5.32 Å². The summed E-state index contributed by atoms with van der Waals surface area (Å²) in [5, 5.41) is 12.3. The Labute approximate surface area is 128 Å². The summed E-state index contributed by atoms with van der Waals surface area (Å²) >= 11 is 3.35. The van der Waals surface area contributed by atoms with Crippen molar-refractivity contribution in [2.75, 3.05) is 19.4 Å². The molecule has 0 saturated carbocycles. The zero-order chi connectivity index (χ0) is 15.0. The Hall–Kier alpha value is -0.660. The van der Waals surface area contributed by atoms with E-state index in [1.807, 2.05) is 20.8 Å². The van der Waals surface area contributed by atoms with Crippen LogP contribution >= 0.6 is 23.1 Å². The number of carbonyl (C=O) groups is 1. The molecule has 1 aromatic rings. The number of aromatic nitrogens is 2. The molecule has 0 bridgehead atoms. The second-order valence-corrected chi connectivity index (χ2v) is 7.27. The molecule has 1 atom stereocenters. The summed E-state index contributed by atoms with van der Waals surface area (Å²) in [7, 11) is 1.44. The number of nitrogens with one attached hydrogen (secondary N) is 1. The number of aryl methyl sites for hydroxylation is 1. The number of esters is 1. The number of rotatable bonds is 9. The van der Waals surface area contributed by atoms with Crippen LogP contribution in [0.3, 0.4) is 0 Å². The molecule has 0 amide bonds. The molecule has 0 spiro atoms. The molecule has 0 aromatic carbocycles. The molecule has 114 valence electrons. The van der Waals surface area contributed by atoms with Crippen LogP contribution in [0.5, 0.6) is 0 Å². The van der Waals surface area contributed by atoms with E-state index in [-0.39, 0.29) is 5.97 Å². The van der Waals surface area contributed by atoms with Crippen LogP contribution in [0.25, 0.3) is 0 Å². The van der Waals surface area contributed by atoms with Crippen LogP contribution in [0.15, 0.2) is 4.34 Å². The van der Waals surface area contributed by atoms with Gasteiger partial charge in [0.2, 0.25) is 0 Å². The zero-order valence-corrected chi connectivity index (χ0v) is 14.2. The number of ether oxygens (including phenoxy) is 1. The quantitative estimate of drug-likeness (QED) is 0.429. The lowest BCUT2D eigenvalue weighted by Gasteiger charge is -2.27. The fraction of sp³-hybridized carbons (Fsp3) is 0.769. The first-order valence-corrected chi connectivity index (χ1v) is 8.58. The molecular weight excluding hydrogens is 294 g/mol. The van der Waals surface area contributed by atoms with Crippen LogP contribution in [-0.2, 0) is 9.53 Å². The summed E-state index contributed by atoms with van der Waals surface area (Å²) in [6.45, 7) is 6.61. The molecule has 20 heavy (non-hydrogen) atoms. The van der Waals surface area contributed by atoms with E-state index in [1.54, 1.807) is 23.1 Å². The van der Waals surface area contributed by atoms with Gasteiger partial charge < -0.3 is 10.1 Å². The standard InChI is InChI=1S/C13H23N3O2S2/c1-5-14-13(3,11(17)18-4)8-6-7-9-19-12-16-15-10(2)20-12/h14H,5-9H2,1-4H3. The maximum atomic E-state index is 11.8. The van der Waals surface area contributed by atoms with Crippen molar-refractivity contribution in [3.63, 3.8) is 0 Å². The zero-order valence-electron chi connectivity index (χ0n) is 12.6. The fourth-order valence-electron chi connectivity index (χ4n) is 1.95. The average Bonchev–Trinajstić information content (AvgIpc) is 2.83. The lowest BCUT2D eigenvalue weighted by Crippen LogP contribution is -2.50. The van der Waals surface area contributed by atoms with E-state index in [2.05, 4.69) is 15.5 Å². The molecule has 0 aliphatic heterocycles. The SMILES string of the molecule is CCNC(C)(CCCCSc1nnc(C)s1)C(=O)OC. The van der Waals surface area contributed by atoms with E-state index in [1.165, 1.54) is 7.11 Å². The average molecular weight is 317 g/mol. The van der Waals surface area contributed by atoms with E-state index < -0.39 is 5.54 Å². The van der Waals surface area contributed by atoms with E-state index >= 15 is 0 Å². The number of unbranched alkanes of at least 4 members (excludes halogenated alkanes) is 1. The van der Waals surface area contributed by atoms with Crippen LogP contribution in [-0.4, -0.2) is 41.1 Å². The van der Waals surface area contributed by atoms with Crippen molar-refractivity contribution in [2.24, 2.45) is 0 Å². The van der Waals surface area contributed by atoms with Crippen molar-refractivity contribution < 1.29 is 9.53 Å². The highest BCUT2D eigenvalue weighted by Crippen LogP contribution is 2.24. The normalized spacial score (nSPS) is 14.0. The molecule has 1 N–H and O–H groups in total. The molecule has 0 fully saturated rings. The number of hydrogen-bond acceptors (Lipinski definition) is 7. The summed E-state index contributed by atoms with van der Waals surface area (Å²) in [4.78, 5) is 11.8. The number of hydrogen-bond donors (Lipinski definition) is 1. The van der Waals surface area contributed by atoms with E-state index in [9.17, 15) is 4.79 Å². The van der Waals surface area contributed by atoms with Crippen LogP contribution in [0.2, 0.25) is 0 Å². The molecule has 0 aliphatic carbocycles. The van der Waals surface area contributed by atoms with E-state index in [0.717, 1.165) is 40.9 Å². The maximum Gasteiger partial charge on any atom is 0.325 e. The van der Waals surface area contributed by atoms with Gasteiger partial charge in [0.25, 0.3) is 0 Å². The first kappa shape index (κ1) is 17.4. The maximum absolute atomic E-state index is 11.8. The van der Waals surface area contributed by atoms with Crippen molar-refractivity contribution in [3.8, 4) is 0 Å². The molecule has 1 heterocycles. The Bertz CT molecular complexity index is 426. The third-order valence-electron chi connectivity index (χ3n) is 3.01. The smallest absolute Gasteiger partial charge is 0.325 e. The van der Waals surface area contributed by atoms with Crippen molar-refractivity contribution >= 4 is 29.1 Å². The Balaban J connectivity index is 2.28. The van der Waals surface area contributed by atoms with Gasteiger partial charge in [-0.2, -0.15) is 0 Å². The highest BCUT2D eigenvalue weighted by molar-refractivity contribution is 8.01. The number of thioether (sulfide) groups is 1. The first-order valence-electron chi connectivity index (χ1n) is 6.78. The summed E-state index contributed by atoms with van der Waals surface area (Å²) < 4.78 is 5.89. The third-order valence-corrected chi connectivity index (χ3v) is 5.07. The number of likely N-dealkylation sites (N-methyl/N-ethyl adjacent to an activating group) is 1. The lowest BCUT2D eigenvalue weighted by atomic mass is 9.95. The van der Waals surface area contributed by atoms with Gasteiger partial charge in [-0.05, 0) is 33.2 Å². The van der Waals surface area contributed by atoms with Gasteiger partial charge in [0, 0.05) is 5.75 Å². The lowest BCUT2D eigenvalue weighted by molar-refractivity contribution is -0.148. The summed E-state index contributed by atoms with van der Waals surface area (Å²) in [6, 6.07) is 0. The number of carbonyl (C=O) groups excluding carboxylic acids is 1. The minimum atomic E-state index is -0.576. The Morgan fingerprint density at radius 3 is 2.75 bits per heavy atom. The van der Waals surface area contributed by atoms with Gasteiger partial charge in [-0.1, -0.05) is 36.4 Å². The predicted octanol–water partition coefficient (Wildman–Crippen LogP) is 2.65. The minimum absolute atomic E-state index is 0.188. The molecule has 0 radical (unpaired) electrons. The largest absolute Gasteiger partial charge is 0.468 e. The van der Waals surface area contributed by atoms with Gasteiger partial charge in [0.1, 0.15) is 10.5 Å². The summed E-state index contributed by atoms with van der Waals surface area (Å²) in [5.41, 5.74) is -0.576. The Morgan fingerprint density at radius 2 is 2.20 bits per heavy atom. The Kier molecular flexibility index (Phi) is 7.47. The number of methoxy groups -OCH3 is 1. The van der Waals surface area contributed by atoms with Crippen LogP contribution in [0.4, 0.5) is 0 Å². The van der Waals surface area contributed by atoms with Gasteiger partial charge in [-0.25, -0.2) is 0 Å². The molecule has 1 aromatic heterocycles. The van der Waals surface area contributed by atoms with E-state index in [4.69, 9.17) is 4.74 Å². The second-order valence-electron chi connectivity index (χ2n) is 4.75. The van der Waals surface area contributed by atoms with Crippen LogP contribution in [0.1, 0.15) is 38.1 Å². The Morgan fingerprint density at radius 1 is 1.45 bits per heavy atom. The first-order chi connectivity index (χ1) is 9.51. The van der Waals surface area contributed by atoms with E-state index in [0.29, 0.717) is 0 Å². The van der Waals surface area contributed by atoms with Gasteiger partial charge in [0.05, 0.1) is 7.11 Å². The molecule has 0 aliphatic rings. The van der Waals surface area contributed by atoms with Crippen molar-refractivity contribution in [2.45, 2.75) is 49.9 Å². The highest BCUT2D eigenvalue weighted by Gasteiger charge is 2.32. The van der Waals surface area contributed by atoms with Crippen LogP contribution in [0, 0.1) is 6.92 Å². The molecule has 1 unspecified atom stereocenters. The molecular formula is C13H23N3O2S2. The molecule has 7 heteroatoms. The third kappa shape index (κ3) is 5.38.